The van der Waals surface area contributed by atoms with Crippen LogP contribution in [0.5, 0.6) is 0 Å². The molecule has 1 rings (SSSR count). The van der Waals surface area contributed by atoms with Gasteiger partial charge >= 0.3 is 0 Å². The highest BCUT2D eigenvalue weighted by molar-refractivity contribution is 7.98. The Labute approximate surface area is 152 Å². The average molecular weight is 372 g/mol. The standard InChI is InChI=1S/C17H28N2O3S2/c1-17(2,3)19(16(21)22)14(9-12-23-4)15(20)18-10-5-7-13-8-6-11-24-13/h6,8,11,14H,5,7,9-10,12H2,1-4H3,(H,18,20)(H,21,22)/p-1. The molecule has 7 heteroatoms. The number of nitrogens with one attached hydrogen (secondary N) is 1. The van der Waals surface area contributed by atoms with Crippen molar-refractivity contribution in [1.29, 1.82) is 0 Å². The van der Waals surface area contributed by atoms with Gasteiger partial charge in [0.15, 0.2) is 0 Å². The molecule has 0 aliphatic heterocycles. The van der Waals surface area contributed by atoms with E-state index in [0.29, 0.717) is 18.7 Å². The molecule has 136 valence electrons. The fourth-order valence-electron chi connectivity index (χ4n) is 2.52. The van der Waals surface area contributed by atoms with Crippen LogP contribution in [0, 0.1) is 0 Å². The van der Waals surface area contributed by atoms with Gasteiger partial charge in [-0.2, -0.15) is 11.8 Å². The first-order valence-electron chi connectivity index (χ1n) is 8.06. The fraction of sp³-hybridized carbons (Fsp3) is 0.647. The molecule has 1 aromatic rings. The fourth-order valence-corrected chi connectivity index (χ4v) is 3.73. The van der Waals surface area contributed by atoms with E-state index in [2.05, 4.69) is 11.4 Å². The maximum Gasteiger partial charge on any atom is 0.242 e. The summed E-state index contributed by atoms with van der Waals surface area (Å²) in [5.74, 6) is 0.474. The average Bonchev–Trinajstić information content (AvgIpc) is 2.99. The Bertz CT molecular complexity index is 512. The molecule has 0 bridgehead atoms. The molecule has 0 aromatic carbocycles. The number of nitrogens with zero attached hydrogens (tertiary/aromatic N) is 1. The highest BCUT2D eigenvalue weighted by atomic mass is 32.2. The second-order valence-electron chi connectivity index (χ2n) is 6.58. The number of amides is 2. The predicted octanol–water partition coefficient (Wildman–Crippen LogP) is 2.36. The maximum atomic E-state index is 12.6. The summed E-state index contributed by atoms with van der Waals surface area (Å²) in [5, 5.41) is 16.5. The molecule has 5 nitrogen and oxygen atoms in total. The minimum Gasteiger partial charge on any atom is -0.530 e. The van der Waals surface area contributed by atoms with Crippen molar-refractivity contribution in [1.82, 2.24) is 10.2 Å². The van der Waals surface area contributed by atoms with Crippen molar-refractivity contribution in [2.24, 2.45) is 0 Å². The number of thioether (sulfide) groups is 1. The number of carbonyl (C=O) groups excluding carboxylic acids is 2. The van der Waals surface area contributed by atoms with Crippen molar-refractivity contribution in [2.45, 2.75) is 51.6 Å². The van der Waals surface area contributed by atoms with Gasteiger partial charge in [-0.1, -0.05) is 6.07 Å². The summed E-state index contributed by atoms with van der Waals surface area (Å²) in [6, 6.07) is 3.37. The lowest BCUT2D eigenvalue weighted by Crippen LogP contribution is -2.60. The number of hydrogen-bond acceptors (Lipinski definition) is 5. The Morgan fingerprint density at radius 1 is 1.42 bits per heavy atom. The number of carbonyl (C=O) groups is 2. The van der Waals surface area contributed by atoms with Gasteiger partial charge in [0.25, 0.3) is 0 Å². The summed E-state index contributed by atoms with van der Waals surface area (Å²) in [6.07, 6.45) is 2.86. The van der Waals surface area contributed by atoms with Crippen LogP contribution in [0.1, 0.15) is 38.5 Å². The zero-order valence-electron chi connectivity index (χ0n) is 14.8. The summed E-state index contributed by atoms with van der Waals surface area (Å²) in [4.78, 5) is 26.6. The summed E-state index contributed by atoms with van der Waals surface area (Å²) < 4.78 is 0. The van der Waals surface area contributed by atoms with E-state index in [9.17, 15) is 14.7 Å². The number of thiophene rings is 1. The highest BCUT2D eigenvalue weighted by Gasteiger charge is 2.33. The first kappa shape index (κ1) is 20.8. The second kappa shape index (κ2) is 9.93. The van der Waals surface area contributed by atoms with E-state index in [1.165, 1.54) is 4.88 Å². The molecule has 1 heterocycles. The van der Waals surface area contributed by atoms with Crippen molar-refractivity contribution in [2.75, 3.05) is 18.6 Å². The lowest BCUT2D eigenvalue weighted by atomic mass is 10.0. The van der Waals surface area contributed by atoms with Crippen LogP contribution in [0.2, 0.25) is 0 Å². The largest absolute Gasteiger partial charge is 0.530 e. The third-order valence-corrected chi connectivity index (χ3v) is 5.19. The number of rotatable bonds is 9. The lowest BCUT2D eigenvalue weighted by Gasteiger charge is -2.43. The molecule has 24 heavy (non-hydrogen) atoms. The van der Waals surface area contributed by atoms with Crippen LogP contribution in [0.4, 0.5) is 4.79 Å². The van der Waals surface area contributed by atoms with E-state index in [0.717, 1.165) is 17.7 Å². The zero-order valence-corrected chi connectivity index (χ0v) is 16.5. The number of aryl methyl sites for hydroxylation is 1. The topological polar surface area (TPSA) is 72.5 Å². The first-order chi connectivity index (χ1) is 11.3. The SMILES string of the molecule is CSCCC(C(=O)NCCCc1cccs1)N(C(=O)[O-])C(C)(C)C. The Balaban J connectivity index is 2.64. The third kappa shape index (κ3) is 6.73. The predicted molar refractivity (Wildman–Crippen MR) is 99.4 cm³/mol. The molecule has 0 spiro atoms. The Hall–Kier alpha value is -1.21. The third-order valence-electron chi connectivity index (χ3n) is 3.61. The smallest absolute Gasteiger partial charge is 0.242 e. The Morgan fingerprint density at radius 3 is 2.62 bits per heavy atom. The van der Waals surface area contributed by atoms with Gasteiger partial charge in [0, 0.05) is 17.0 Å². The molecule has 0 aliphatic carbocycles. The highest BCUT2D eigenvalue weighted by Crippen LogP contribution is 2.20. The van der Waals surface area contributed by atoms with Crippen molar-refractivity contribution in [3.63, 3.8) is 0 Å². The van der Waals surface area contributed by atoms with Crippen LogP contribution >= 0.6 is 23.1 Å². The lowest BCUT2D eigenvalue weighted by molar-refractivity contribution is -0.273. The Morgan fingerprint density at radius 2 is 2.12 bits per heavy atom. The van der Waals surface area contributed by atoms with E-state index in [1.807, 2.05) is 17.7 Å². The molecule has 0 saturated heterocycles. The number of carboxylic acid groups (broad SMARTS) is 1. The molecular formula is C17H27N2O3S2-. The van der Waals surface area contributed by atoms with Gasteiger partial charge in [0.2, 0.25) is 5.91 Å². The van der Waals surface area contributed by atoms with E-state index in [4.69, 9.17) is 0 Å². The molecule has 1 unspecified atom stereocenters. The summed E-state index contributed by atoms with van der Waals surface area (Å²) in [6.45, 7) is 5.87. The second-order valence-corrected chi connectivity index (χ2v) is 8.60. The molecule has 2 amide bonds. The van der Waals surface area contributed by atoms with Crippen molar-refractivity contribution in [3.8, 4) is 0 Å². The first-order valence-corrected chi connectivity index (χ1v) is 10.3. The summed E-state index contributed by atoms with van der Waals surface area (Å²) in [5.41, 5.74) is -0.684. The monoisotopic (exact) mass is 371 g/mol. The molecule has 1 atom stereocenters. The van der Waals surface area contributed by atoms with Crippen LogP contribution < -0.4 is 10.4 Å². The van der Waals surface area contributed by atoms with Crippen molar-refractivity contribution >= 4 is 35.1 Å². The van der Waals surface area contributed by atoms with Crippen LogP contribution in [0.15, 0.2) is 17.5 Å². The quantitative estimate of drug-likeness (QED) is 0.677. The van der Waals surface area contributed by atoms with Crippen molar-refractivity contribution in [3.05, 3.63) is 22.4 Å². The Kier molecular flexibility index (Phi) is 8.62. The molecule has 1 N–H and O–H groups in total. The molecule has 0 radical (unpaired) electrons. The molecule has 0 aliphatic rings. The van der Waals surface area contributed by atoms with E-state index in [1.54, 1.807) is 43.9 Å². The van der Waals surface area contributed by atoms with Crippen LogP contribution in [-0.2, 0) is 11.2 Å². The van der Waals surface area contributed by atoms with Gasteiger partial charge in [0.1, 0.15) is 12.1 Å². The van der Waals surface area contributed by atoms with Crippen LogP contribution in [0.3, 0.4) is 0 Å². The van der Waals surface area contributed by atoms with E-state index < -0.39 is 17.7 Å². The zero-order chi connectivity index (χ0) is 18.2. The summed E-state index contributed by atoms with van der Waals surface area (Å²) in [7, 11) is 0. The maximum absolute atomic E-state index is 12.6. The van der Waals surface area contributed by atoms with Crippen molar-refractivity contribution < 1.29 is 14.7 Å². The summed E-state index contributed by atoms with van der Waals surface area (Å²) >= 11 is 3.30. The van der Waals surface area contributed by atoms with Gasteiger partial charge in [-0.3, -0.25) is 4.79 Å². The normalized spacial score (nSPS) is 12.7. The van der Waals surface area contributed by atoms with Gasteiger partial charge in [-0.25, -0.2) is 0 Å². The molecular weight excluding hydrogens is 344 g/mol. The van der Waals surface area contributed by atoms with Gasteiger partial charge in [-0.15, -0.1) is 11.3 Å². The van der Waals surface area contributed by atoms with Crippen LogP contribution in [-0.4, -0.2) is 47.0 Å². The van der Waals surface area contributed by atoms with E-state index in [-0.39, 0.29) is 5.91 Å². The minimum atomic E-state index is -1.30. The number of hydrogen-bond donors (Lipinski definition) is 1. The minimum absolute atomic E-state index is 0.241. The molecule has 1 aromatic heterocycles. The van der Waals surface area contributed by atoms with E-state index >= 15 is 0 Å². The van der Waals surface area contributed by atoms with Gasteiger partial charge < -0.3 is 20.1 Å². The molecule has 0 fully saturated rings. The molecule has 0 saturated carbocycles. The van der Waals surface area contributed by atoms with Gasteiger partial charge in [-0.05, 0) is 63.5 Å². The van der Waals surface area contributed by atoms with Crippen LogP contribution in [0.25, 0.3) is 0 Å². The van der Waals surface area contributed by atoms with Gasteiger partial charge in [0.05, 0.1) is 0 Å².